The van der Waals surface area contributed by atoms with Crippen LogP contribution < -0.4 is 0 Å². The molecule has 1 aromatic rings. The van der Waals surface area contributed by atoms with Crippen molar-refractivity contribution in [2.24, 2.45) is 0 Å². The first-order valence-electron chi connectivity index (χ1n) is 4.87. The molecule has 1 N–H and O–H groups in total. The molecule has 0 fully saturated rings. The van der Waals surface area contributed by atoms with Gasteiger partial charge in [0, 0.05) is 5.56 Å². The Labute approximate surface area is 99.0 Å². The van der Waals surface area contributed by atoms with Crippen LogP contribution in [-0.2, 0) is 9.84 Å². The van der Waals surface area contributed by atoms with E-state index in [0.29, 0.717) is 6.29 Å². The van der Waals surface area contributed by atoms with E-state index in [1.165, 1.54) is 19.9 Å². The molecule has 0 heterocycles. The van der Waals surface area contributed by atoms with Gasteiger partial charge in [-0.3, -0.25) is 4.79 Å². The molecule has 0 saturated heterocycles. The smallest absolute Gasteiger partial charge is 0.335 e. The van der Waals surface area contributed by atoms with E-state index in [1.54, 1.807) is 0 Å². The summed E-state index contributed by atoms with van der Waals surface area (Å²) in [6.45, 7) is 2.99. The molecule has 0 unspecified atom stereocenters. The molecule has 0 spiro atoms. The highest BCUT2D eigenvalue weighted by Gasteiger charge is 2.23. The third kappa shape index (κ3) is 2.52. The van der Waals surface area contributed by atoms with Gasteiger partial charge in [-0.1, -0.05) is 0 Å². The molecule has 0 radical (unpaired) electrons. The summed E-state index contributed by atoms with van der Waals surface area (Å²) in [4.78, 5) is 21.4. The average Bonchev–Trinajstić information content (AvgIpc) is 2.27. The maximum Gasteiger partial charge on any atom is 0.335 e. The number of rotatable bonds is 4. The predicted molar refractivity (Wildman–Crippen MR) is 61.1 cm³/mol. The third-order valence-corrected chi connectivity index (χ3v) is 4.54. The fourth-order valence-electron chi connectivity index (χ4n) is 1.29. The van der Waals surface area contributed by atoms with Crippen molar-refractivity contribution in [1.29, 1.82) is 0 Å². The van der Waals surface area contributed by atoms with Crippen LogP contribution in [0.5, 0.6) is 0 Å². The fourth-order valence-corrected chi connectivity index (χ4v) is 2.49. The van der Waals surface area contributed by atoms with Gasteiger partial charge in [0.2, 0.25) is 0 Å². The van der Waals surface area contributed by atoms with E-state index < -0.39 is 21.1 Å². The van der Waals surface area contributed by atoms with Crippen molar-refractivity contribution >= 4 is 22.1 Å². The monoisotopic (exact) mass is 256 g/mol. The molecule has 1 rings (SSSR count). The molecule has 0 amide bonds. The lowest BCUT2D eigenvalue weighted by Crippen LogP contribution is -2.16. The van der Waals surface area contributed by atoms with Gasteiger partial charge >= 0.3 is 5.97 Å². The molecule has 5 nitrogen and oxygen atoms in total. The van der Waals surface area contributed by atoms with Gasteiger partial charge in [0.25, 0.3) is 0 Å². The van der Waals surface area contributed by atoms with E-state index in [9.17, 15) is 18.0 Å². The van der Waals surface area contributed by atoms with Gasteiger partial charge in [0.1, 0.15) is 0 Å². The first-order valence-corrected chi connectivity index (χ1v) is 6.41. The van der Waals surface area contributed by atoms with Crippen LogP contribution in [-0.4, -0.2) is 31.0 Å². The Bertz CT molecular complexity index is 557. The number of sulfone groups is 1. The van der Waals surface area contributed by atoms with E-state index in [1.807, 2.05) is 0 Å². The number of aromatic carboxylic acids is 1. The Morgan fingerprint density at radius 3 is 2.35 bits per heavy atom. The highest BCUT2D eigenvalue weighted by Crippen LogP contribution is 2.20. The number of aldehydes is 1. The van der Waals surface area contributed by atoms with Crippen molar-refractivity contribution in [1.82, 2.24) is 0 Å². The third-order valence-electron chi connectivity index (χ3n) is 2.31. The normalized spacial score (nSPS) is 11.5. The van der Waals surface area contributed by atoms with Gasteiger partial charge in [-0.2, -0.15) is 0 Å². The SMILES string of the molecule is CC(C)S(=O)(=O)c1ccc(C(=O)O)cc1C=O. The van der Waals surface area contributed by atoms with Crippen LogP contribution in [0.3, 0.4) is 0 Å². The molecule has 1 aromatic carbocycles. The molecule has 0 aliphatic carbocycles. The van der Waals surface area contributed by atoms with Crippen molar-refractivity contribution in [2.75, 3.05) is 0 Å². The summed E-state index contributed by atoms with van der Waals surface area (Å²) < 4.78 is 23.8. The molecule has 0 aliphatic heterocycles. The minimum absolute atomic E-state index is 0.116. The fraction of sp³-hybridized carbons (Fsp3) is 0.273. The van der Waals surface area contributed by atoms with Crippen LogP contribution >= 0.6 is 0 Å². The van der Waals surface area contributed by atoms with Crippen molar-refractivity contribution < 1.29 is 23.1 Å². The van der Waals surface area contributed by atoms with E-state index in [2.05, 4.69) is 0 Å². The molecule has 0 atom stereocenters. The zero-order chi connectivity index (χ0) is 13.2. The molecule has 92 valence electrons. The van der Waals surface area contributed by atoms with Gasteiger partial charge in [-0.05, 0) is 32.0 Å². The summed E-state index contributed by atoms with van der Waals surface area (Å²) in [5.41, 5.74) is -0.242. The second kappa shape index (κ2) is 4.67. The maximum absolute atomic E-state index is 11.9. The summed E-state index contributed by atoms with van der Waals surface area (Å²) in [7, 11) is -3.59. The van der Waals surface area contributed by atoms with E-state index in [4.69, 9.17) is 5.11 Å². The summed E-state index contributed by atoms with van der Waals surface area (Å²) in [6.07, 6.45) is 0.349. The Morgan fingerprint density at radius 2 is 1.94 bits per heavy atom. The lowest BCUT2D eigenvalue weighted by molar-refractivity contribution is 0.0696. The molecular formula is C11H12O5S. The molecular weight excluding hydrogens is 244 g/mol. The first-order chi connectivity index (χ1) is 7.80. The summed E-state index contributed by atoms with van der Waals surface area (Å²) in [5, 5.41) is 8.07. The number of carbonyl (C=O) groups is 2. The van der Waals surface area contributed by atoms with E-state index in [0.717, 1.165) is 12.1 Å². The average molecular weight is 256 g/mol. The van der Waals surface area contributed by atoms with Gasteiger partial charge in [-0.25, -0.2) is 13.2 Å². The zero-order valence-corrected chi connectivity index (χ0v) is 10.2. The number of benzene rings is 1. The molecule has 0 bridgehead atoms. The van der Waals surface area contributed by atoms with Gasteiger partial charge in [0.15, 0.2) is 16.1 Å². The first kappa shape index (κ1) is 13.4. The summed E-state index contributed by atoms with van der Waals surface area (Å²) >= 11 is 0. The highest BCUT2D eigenvalue weighted by molar-refractivity contribution is 7.92. The Hall–Kier alpha value is -1.69. The quantitative estimate of drug-likeness (QED) is 0.822. The van der Waals surface area contributed by atoms with E-state index >= 15 is 0 Å². The molecule has 0 saturated carbocycles. The molecule has 17 heavy (non-hydrogen) atoms. The largest absolute Gasteiger partial charge is 0.478 e. The van der Waals surface area contributed by atoms with Gasteiger partial charge in [0.05, 0.1) is 15.7 Å². The second-order valence-electron chi connectivity index (χ2n) is 3.77. The topological polar surface area (TPSA) is 88.5 Å². The zero-order valence-electron chi connectivity index (χ0n) is 9.38. The number of hydrogen-bond donors (Lipinski definition) is 1. The summed E-state index contributed by atoms with van der Waals surface area (Å²) in [5.74, 6) is -1.21. The number of carboxylic acids is 1. The number of carboxylic acid groups (broad SMARTS) is 1. The van der Waals surface area contributed by atoms with Crippen molar-refractivity contribution in [3.63, 3.8) is 0 Å². The van der Waals surface area contributed by atoms with Crippen LogP contribution in [0.15, 0.2) is 23.1 Å². The van der Waals surface area contributed by atoms with Crippen LogP contribution in [0.4, 0.5) is 0 Å². The van der Waals surface area contributed by atoms with Crippen LogP contribution in [0, 0.1) is 0 Å². The highest BCUT2D eigenvalue weighted by atomic mass is 32.2. The van der Waals surface area contributed by atoms with Crippen molar-refractivity contribution in [3.8, 4) is 0 Å². The maximum atomic E-state index is 11.9. The van der Waals surface area contributed by atoms with Crippen LogP contribution in [0.25, 0.3) is 0 Å². The van der Waals surface area contributed by atoms with Crippen LogP contribution in [0.2, 0.25) is 0 Å². The Kier molecular flexibility index (Phi) is 3.67. The van der Waals surface area contributed by atoms with E-state index in [-0.39, 0.29) is 16.0 Å². The molecule has 6 heteroatoms. The lowest BCUT2D eigenvalue weighted by atomic mass is 10.1. The minimum atomic E-state index is -3.59. The standard InChI is InChI=1S/C11H12O5S/c1-7(2)17(15,16)10-4-3-8(11(13)14)5-9(10)6-12/h3-7H,1-2H3,(H,13,14). The van der Waals surface area contributed by atoms with Gasteiger partial charge in [-0.15, -0.1) is 0 Å². The molecule has 0 aromatic heterocycles. The number of carbonyl (C=O) groups excluding carboxylic acids is 1. The van der Waals surface area contributed by atoms with Crippen molar-refractivity contribution in [2.45, 2.75) is 24.0 Å². The minimum Gasteiger partial charge on any atom is -0.478 e. The Balaban J connectivity index is 3.47. The predicted octanol–water partition coefficient (Wildman–Crippen LogP) is 1.38. The van der Waals surface area contributed by atoms with Gasteiger partial charge < -0.3 is 5.11 Å². The van der Waals surface area contributed by atoms with Crippen molar-refractivity contribution in [3.05, 3.63) is 29.3 Å². The number of hydrogen-bond acceptors (Lipinski definition) is 4. The second-order valence-corrected chi connectivity index (χ2v) is 6.24. The summed E-state index contributed by atoms with van der Waals surface area (Å²) in [6, 6.07) is 3.39. The lowest BCUT2D eigenvalue weighted by Gasteiger charge is -2.10. The molecule has 0 aliphatic rings. The Morgan fingerprint density at radius 1 is 1.35 bits per heavy atom. The van der Waals surface area contributed by atoms with Crippen LogP contribution in [0.1, 0.15) is 34.6 Å².